The van der Waals surface area contributed by atoms with Gasteiger partial charge in [-0.05, 0) is 24.6 Å². The van der Waals surface area contributed by atoms with Gasteiger partial charge in [0, 0.05) is 16.6 Å². The molecule has 0 bridgehead atoms. The van der Waals surface area contributed by atoms with Crippen molar-refractivity contribution >= 4 is 21.9 Å². The van der Waals surface area contributed by atoms with E-state index in [1.165, 1.54) is 12.1 Å². The number of rotatable bonds is 4. The third-order valence-corrected chi connectivity index (χ3v) is 2.95. The summed E-state index contributed by atoms with van der Waals surface area (Å²) in [6.45, 7) is 2.66. The van der Waals surface area contributed by atoms with E-state index in [1.807, 2.05) is 6.92 Å². The highest BCUT2D eigenvalue weighted by Crippen LogP contribution is 2.27. The SMILES string of the molecule is CCCNc1ncc(F)c(-c2cc(Br)ccc2F)n1. The van der Waals surface area contributed by atoms with Gasteiger partial charge in [0.25, 0.3) is 0 Å². The van der Waals surface area contributed by atoms with Gasteiger partial charge >= 0.3 is 0 Å². The topological polar surface area (TPSA) is 37.8 Å². The van der Waals surface area contributed by atoms with Crippen molar-refractivity contribution < 1.29 is 8.78 Å². The van der Waals surface area contributed by atoms with Crippen LogP contribution in [-0.2, 0) is 0 Å². The molecule has 0 saturated heterocycles. The maximum Gasteiger partial charge on any atom is 0.223 e. The van der Waals surface area contributed by atoms with Crippen LogP contribution in [0.15, 0.2) is 28.9 Å². The van der Waals surface area contributed by atoms with Crippen molar-refractivity contribution in [1.82, 2.24) is 9.97 Å². The first-order chi connectivity index (χ1) is 9.11. The second kappa shape index (κ2) is 6.06. The van der Waals surface area contributed by atoms with Gasteiger partial charge in [-0.2, -0.15) is 0 Å². The Labute approximate surface area is 118 Å². The van der Waals surface area contributed by atoms with Gasteiger partial charge in [-0.25, -0.2) is 18.7 Å². The lowest BCUT2D eigenvalue weighted by Crippen LogP contribution is -2.06. The molecule has 2 rings (SSSR count). The molecule has 0 aliphatic heterocycles. The molecule has 0 aliphatic carbocycles. The molecule has 0 spiro atoms. The van der Waals surface area contributed by atoms with Crippen LogP contribution in [0, 0.1) is 11.6 Å². The number of anilines is 1. The first kappa shape index (κ1) is 13.9. The number of halogens is 3. The molecule has 19 heavy (non-hydrogen) atoms. The zero-order valence-electron chi connectivity index (χ0n) is 10.3. The quantitative estimate of drug-likeness (QED) is 0.922. The monoisotopic (exact) mass is 327 g/mol. The molecule has 0 aliphatic rings. The molecule has 2 aromatic rings. The van der Waals surface area contributed by atoms with Crippen molar-refractivity contribution in [3.63, 3.8) is 0 Å². The lowest BCUT2D eigenvalue weighted by molar-refractivity contribution is 0.606. The van der Waals surface area contributed by atoms with Gasteiger partial charge in [-0.1, -0.05) is 22.9 Å². The minimum absolute atomic E-state index is 0.0487. The van der Waals surface area contributed by atoms with Gasteiger partial charge in [0.05, 0.1) is 6.20 Å². The Kier molecular flexibility index (Phi) is 4.42. The highest BCUT2D eigenvalue weighted by atomic mass is 79.9. The summed E-state index contributed by atoms with van der Waals surface area (Å²) in [5, 5.41) is 2.94. The Hall–Kier alpha value is -1.56. The smallest absolute Gasteiger partial charge is 0.223 e. The molecule has 1 aromatic carbocycles. The summed E-state index contributed by atoms with van der Waals surface area (Å²) in [6.07, 6.45) is 1.93. The second-order valence-corrected chi connectivity index (χ2v) is 4.86. The molecule has 0 unspecified atom stereocenters. The number of nitrogens with one attached hydrogen (secondary N) is 1. The predicted molar refractivity (Wildman–Crippen MR) is 73.9 cm³/mol. The maximum atomic E-state index is 13.8. The zero-order chi connectivity index (χ0) is 13.8. The van der Waals surface area contributed by atoms with Gasteiger partial charge in [0.15, 0.2) is 5.82 Å². The molecule has 0 amide bonds. The molecule has 1 aromatic heterocycles. The average Bonchev–Trinajstić information content (AvgIpc) is 2.41. The Balaban J connectivity index is 2.45. The summed E-state index contributed by atoms with van der Waals surface area (Å²) in [4.78, 5) is 7.85. The van der Waals surface area contributed by atoms with Crippen LogP contribution >= 0.6 is 15.9 Å². The summed E-state index contributed by atoms with van der Waals surface area (Å²) in [5.74, 6) is -0.890. The Bertz CT molecular complexity index is 590. The van der Waals surface area contributed by atoms with E-state index in [2.05, 4.69) is 31.2 Å². The summed E-state index contributed by atoms with van der Waals surface area (Å²) in [7, 11) is 0. The van der Waals surface area contributed by atoms with E-state index in [9.17, 15) is 8.78 Å². The van der Waals surface area contributed by atoms with E-state index in [0.29, 0.717) is 11.0 Å². The molecule has 0 saturated carbocycles. The molecule has 3 nitrogen and oxygen atoms in total. The average molecular weight is 328 g/mol. The molecule has 0 fully saturated rings. The number of benzene rings is 1. The number of aromatic nitrogens is 2. The lowest BCUT2D eigenvalue weighted by atomic mass is 10.1. The fourth-order valence-corrected chi connectivity index (χ4v) is 1.92. The molecule has 0 atom stereocenters. The van der Waals surface area contributed by atoms with Crippen molar-refractivity contribution in [3.05, 3.63) is 40.5 Å². The summed E-state index contributed by atoms with van der Waals surface area (Å²) >= 11 is 3.23. The fraction of sp³-hybridized carbons (Fsp3) is 0.231. The number of hydrogen-bond donors (Lipinski definition) is 1. The van der Waals surface area contributed by atoms with Crippen molar-refractivity contribution in [2.24, 2.45) is 0 Å². The fourth-order valence-electron chi connectivity index (χ4n) is 1.56. The van der Waals surface area contributed by atoms with E-state index in [4.69, 9.17) is 0 Å². The second-order valence-electron chi connectivity index (χ2n) is 3.94. The van der Waals surface area contributed by atoms with Gasteiger partial charge in [0.2, 0.25) is 5.95 Å². The third-order valence-electron chi connectivity index (χ3n) is 2.46. The number of nitrogens with zero attached hydrogens (tertiary/aromatic N) is 2. The van der Waals surface area contributed by atoms with E-state index >= 15 is 0 Å². The Morgan fingerprint density at radius 2 is 2.05 bits per heavy atom. The standard InChI is InChI=1S/C13H12BrF2N3/c1-2-5-17-13-18-7-11(16)12(19-13)9-6-8(14)3-4-10(9)15/h3-4,6-7H,2,5H2,1H3,(H,17,18,19). The van der Waals surface area contributed by atoms with Gasteiger partial charge in [-0.3, -0.25) is 0 Å². The van der Waals surface area contributed by atoms with E-state index in [1.54, 1.807) is 6.07 Å². The van der Waals surface area contributed by atoms with Gasteiger partial charge in [0.1, 0.15) is 11.5 Å². The van der Waals surface area contributed by atoms with Crippen LogP contribution in [0.25, 0.3) is 11.3 Å². The highest BCUT2D eigenvalue weighted by molar-refractivity contribution is 9.10. The van der Waals surface area contributed by atoms with Gasteiger partial charge < -0.3 is 5.32 Å². The Morgan fingerprint density at radius 3 is 2.79 bits per heavy atom. The van der Waals surface area contributed by atoms with Crippen molar-refractivity contribution in [2.45, 2.75) is 13.3 Å². The van der Waals surface area contributed by atoms with Crippen molar-refractivity contribution in [1.29, 1.82) is 0 Å². The molecule has 6 heteroatoms. The normalized spacial score (nSPS) is 10.5. The van der Waals surface area contributed by atoms with Crippen LogP contribution in [0.2, 0.25) is 0 Å². The van der Waals surface area contributed by atoms with Crippen LogP contribution in [0.5, 0.6) is 0 Å². The molecule has 1 N–H and O–H groups in total. The molecule has 100 valence electrons. The highest BCUT2D eigenvalue weighted by Gasteiger charge is 2.14. The summed E-state index contributed by atoms with van der Waals surface area (Å²) in [6, 6.07) is 4.30. The first-order valence-corrected chi connectivity index (χ1v) is 6.63. The summed E-state index contributed by atoms with van der Waals surface area (Å²) < 4.78 is 28.2. The third kappa shape index (κ3) is 3.26. The van der Waals surface area contributed by atoms with Crippen LogP contribution in [0.3, 0.4) is 0 Å². The van der Waals surface area contributed by atoms with Crippen LogP contribution in [-0.4, -0.2) is 16.5 Å². The van der Waals surface area contributed by atoms with E-state index in [0.717, 1.165) is 12.6 Å². The molecule has 1 heterocycles. The van der Waals surface area contributed by atoms with Crippen LogP contribution in [0.1, 0.15) is 13.3 Å². The summed E-state index contributed by atoms with van der Waals surface area (Å²) in [5.41, 5.74) is 0.0567. The van der Waals surface area contributed by atoms with Gasteiger partial charge in [-0.15, -0.1) is 0 Å². The van der Waals surface area contributed by atoms with Crippen LogP contribution < -0.4 is 5.32 Å². The largest absolute Gasteiger partial charge is 0.354 e. The van der Waals surface area contributed by atoms with Crippen molar-refractivity contribution in [2.75, 3.05) is 11.9 Å². The van der Waals surface area contributed by atoms with E-state index < -0.39 is 11.6 Å². The minimum atomic E-state index is -0.654. The molecule has 0 radical (unpaired) electrons. The minimum Gasteiger partial charge on any atom is -0.354 e. The maximum absolute atomic E-state index is 13.8. The van der Waals surface area contributed by atoms with Crippen LogP contribution in [0.4, 0.5) is 14.7 Å². The molecular weight excluding hydrogens is 316 g/mol. The lowest BCUT2D eigenvalue weighted by Gasteiger charge is -2.08. The van der Waals surface area contributed by atoms with E-state index in [-0.39, 0.29) is 17.2 Å². The molecular formula is C13H12BrF2N3. The zero-order valence-corrected chi connectivity index (χ0v) is 11.8. The Morgan fingerprint density at radius 1 is 1.26 bits per heavy atom. The first-order valence-electron chi connectivity index (χ1n) is 5.83. The predicted octanol–water partition coefficient (Wildman–Crippen LogP) is 4.01. The van der Waals surface area contributed by atoms with Crippen molar-refractivity contribution in [3.8, 4) is 11.3 Å². The number of hydrogen-bond acceptors (Lipinski definition) is 3.